The monoisotopic (exact) mass is 593 g/mol. The van der Waals surface area contributed by atoms with Gasteiger partial charge in [0.2, 0.25) is 5.91 Å². The summed E-state index contributed by atoms with van der Waals surface area (Å²) < 4.78 is 31.5. The fourth-order valence-corrected chi connectivity index (χ4v) is 4.53. The molecule has 0 aromatic heterocycles. The standard InChI is InChI=1S/C22H17Br2N3O5S/c1-14(28)26-18-6-8-19(9-7-18)33(30,31)32-21-10-5-15(11-20(21)24)13-25-27-22(29)16-3-2-4-17(23)12-16/h2-13H,1H3,(H,26,28)(H,27,29)/b25-13-. The van der Waals surface area contributed by atoms with Crippen LogP contribution in [-0.2, 0) is 14.9 Å². The van der Waals surface area contributed by atoms with Crippen LogP contribution in [0, 0.1) is 0 Å². The summed E-state index contributed by atoms with van der Waals surface area (Å²) >= 11 is 6.59. The van der Waals surface area contributed by atoms with Crippen molar-refractivity contribution < 1.29 is 22.2 Å². The molecule has 2 N–H and O–H groups in total. The van der Waals surface area contributed by atoms with Crippen LogP contribution in [0.4, 0.5) is 5.69 Å². The normalized spacial score (nSPS) is 11.2. The first-order valence-corrected chi connectivity index (χ1v) is 12.3. The number of carbonyl (C=O) groups is 2. The lowest BCUT2D eigenvalue weighted by atomic mass is 10.2. The molecule has 0 heterocycles. The molecule has 0 saturated carbocycles. The molecular weight excluding hydrogens is 578 g/mol. The zero-order chi connectivity index (χ0) is 24.0. The van der Waals surface area contributed by atoms with Gasteiger partial charge in [-0.1, -0.05) is 22.0 Å². The zero-order valence-electron chi connectivity index (χ0n) is 17.1. The van der Waals surface area contributed by atoms with Crippen molar-refractivity contribution in [2.24, 2.45) is 5.10 Å². The molecule has 0 saturated heterocycles. The van der Waals surface area contributed by atoms with Crippen molar-refractivity contribution in [2.45, 2.75) is 11.8 Å². The van der Waals surface area contributed by atoms with Crippen LogP contribution in [-0.4, -0.2) is 26.4 Å². The molecule has 0 radical (unpaired) electrons. The minimum atomic E-state index is -4.09. The van der Waals surface area contributed by atoms with Crippen LogP contribution in [0.5, 0.6) is 5.75 Å². The number of halogens is 2. The first kappa shape index (κ1) is 24.6. The second-order valence-corrected chi connectivity index (χ2v) is 9.96. The van der Waals surface area contributed by atoms with E-state index in [-0.39, 0.29) is 22.5 Å². The Labute approximate surface area is 207 Å². The van der Waals surface area contributed by atoms with Crippen molar-refractivity contribution in [2.75, 3.05) is 5.32 Å². The highest BCUT2D eigenvalue weighted by molar-refractivity contribution is 9.10. The molecule has 11 heteroatoms. The van der Waals surface area contributed by atoms with Crippen LogP contribution in [0.3, 0.4) is 0 Å². The molecule has 3 aromatic carbocycles. The van der Waals surface area contributed by atoms with Crippen LogP contribution in [0.1, 0.15) is 22.8 Å². The Morgan fingerprint density at radius 1 is 1.00 bits per heavy atom. The van der Waals surface area contributed by atoms with Gasteiger partial charge in [0.25, 0.3) is 5.91 Å². The SMILES string of the molecule is CC(=O)Nc1ccc(S(=O)(=O)Oc2ccc(/C=N\NC(=O)c3cccc(Br)c3)cc2Br)cc1. The van der Waals surface area contributed by atoms with Gasteiger partial charge in [-0.25, -0.2) is 5.43 Å². The van der Waals surface area contributed by atoms with E-state index in [2.05, 4.69) is 47.7 Å². The van der Waals surface area contributed by atoms with Crippen molar-refractivity contribution in [1.29, 1.82) is 0 Å². The van der Waals surface area contributed by atoms with Crippen molar-refractivity contribution in [3.8, 4) is 5.75 Å². The molecule has 0 aliphatic rings. The summed E-state index contributed by atoms with van der Waals surface area (Å²) in [6.07, 6.45) is 1.42. The fraction of sp³-hybridized carbons (Fsp3) is 0.0455. The van der Waals surface area contributed by atoms with Crippen LogP contribution >= 0.6 is 31.9 Å². The van der Waals surface area contributed by atoms with E-state index < -0.39 is 10.1 Å². The Kier molecular flexibility index (Phi) is 8.01. The van der Waals surface area contributed by atoms with Gasteiger partial charge in [0.05, 0.1) is 10.7 Å². The lowest BCUT2D eigenvalue weighted by Gasteiger charge is -2.10. The third kappa shape index (κ3) is 6.98. The highest BCUT2D eigenvalue weighted by atomic mass is 79.9. The predicted molar refractivity (Wildman–Crippen MR) is 132 cm³/mol. The summed E-state index contributed by atoms with van der Waals surface area (Å²) in [4.78, 5) is 23.1. The molecule has 8 nitrogen and oxygen atoms in total. The van der Waals surface area contributed by atoms with E-state index in [1.807, 2.05) is 6.07 Å². The quantitative estimate of drug-likeness (QED) is 0.234. The maximum Gasteiger partial charge on any atom is 0.339 e. The summed E-state index contributed by atoms with van der Waals surface area (Å²) in [5.41, 5.74) is 3.94. The summed E-state index contributed by atoms with van der Waals surface area (Å²) in [6.45, 7) is 1.36. The van der Waals surface area contributed by atoms with Gasteiger partial charge in [-0.2, -0.15) is 13.5 Å². The maximum atomic E-state index is 12.6. The fourth-order valence-electron chi connectivity index (χ4n) is 2.60. The Morgan fingerprint density at radius 3 is 2.36 bits per heavy atom. The second kappa shape index (κ2) is 10.7. The third-order valence-corrected chi connectivity index (χ3v) is 6.45. The lowest BCUT2D eigenvalue weighted by Crippen LogP contribution is -2.17. The molecular formula is C22H17Br2N3O5S. The first-order chi connectivity index (χ1) is 15.6. The topological polar surface area (TPSA) is 114 Å². The van der Waals surface area contributed by atoms with Gasteiger partial charge in [-0.15, -0.1) is 0 Å². The lowest BCUT2D eigenvalue weighted by molar-refractivity contribution is -0.114. The molecule has 3 aromatic rings. The summed E-state index contributed by atoms with van der Waals surface area (Å²) in [5.74, 6) is -0.555. The van der Waals surface area contributed by atoms with Gasteiger partial charge >= 0.3 is 10.1 Å². The summed E-state index contributed by atoms with van der Waals surface area (Å²) in [6, 6.07) is 17.1. The predicted octanol–water partition coefficient (Wildman–Crippen LogP) is 4.70. The van der Waals surface area contributed by atoms with Crippen molar-refractivity contribution in [3.05, 3.63) is 86.8 Å². The van der Waals surface area contributed by atoms with E-state index in [0.717, 1.165) is 4.47 Å². The Morgan fingerprint density at radius 2 is 1.73 bits per heavy atom. The molecule has 0 atom stereocenters. The maximum absolute atomic E-state index is 12.6. The van der Waals surface area contributed by atoms with E-state index >= 15 is 0 Å². The van der Waals surface area contributed by atoms with Gasteiger partial charge in [0.1, 0.15) is 4.90 Å². The largest absolute Gasteiger partial charge is 0.378 e. The van der Waals surface area contributed by atoms with Crippen LogP contribution in [0.15, 0.2) is 85.7 Å². The molecule has 0 spiro atoms. The minimum Gasteiger partial charge on any atom is -0.378 e. The van der Waals surface area contributed by atoms with Gasteiger partial charge < -0.3 is 9.50 Å². The number of amides is 2. The number of hydrogen-bond donors (Lipinski definition) is 2. The molecule has 0 aliphatic carbocycles. The zero-order valence-corrected chi connectivity index (χ0v) is 21.1. The van der Waals surface area contributed by atoms with E-state index in [1.165, 1.54) is 43.5 Å². The summed E-state index contributed by atoms with van der Waals surface area (Å²) in [5, 5.41) is 6.48. The third-order valence-electron chi connectivity index (χ3n) is 4.09. The van der Waals surface area contributed by atoms with Gasteiger partial charge in [-0.3, -0.25) is 9.59 Å². The highest BCUT2D eigenvalue weighted by Crippen LogP contribution is 2.29. The number of nitrogens with zero attached hydrogens (tertiary/aromatic N) is 1. The van der Waals surface area contributed by atoms with E-state index in [0.29, 0.717) is 21.3 Å². The number of anilines is 1. The van der Waals surface area contributed by atoms with Crippen molar-refractivity contribution in [3.63, 3.8) is 0 Å². The second-order valence-electron chi connectivity index (χ2n) is 6.64. The summed E-state index contributed by atoms with van der Waals surface area (Å²) in [7, 11) is -4.09. The Hall–Kier alpha value is -3.02. The Balaban J connectivity index is 1.66. The Bertz CT molecular complexity index is 1330. The first-order valence-electron chi connectivity index (χ1n) is 9.35. The number of hydrogen-bond acceptors (Lipinski definition) is 6. The molecule has 33 heavy (non-hydrogen) atoms. The van der Waals surface area contributed by atoms with Crippen LogP contribution in [0.2, 0.25) is 0 Å². The minimum absolute atomic E-state index is 0.0654. The van der Waals surface area contributed by atoms with E-state index in [9.17, 15) is 18.0 Å². The molecule has 170 valence electrons. The molecule has 2 amide bonds. The highest BCUT2D eigenvalue weighted by Gasteiger charge is 2.18. The molecule has 0 fully saturated rings. The smallest absolute Gasteiger partial charge is 0.339 e. The number of nitrogens with one attached hydrogen (secondary N) is 2. The molecule has 0 aliphatic heterocycles. The molecule has 0 unspecified atom stereocenters. The average molecular weight is 595 g/mol. The van der Waals surface area contributed by atoms with Gasteiger partial charge in [-0.05, 0) is 82.2 Å². The number of carbonyl (C=O) groups excluding carboxylic acids is 2. The van der Waals surface area contributed by atoms with Gasteiger partial charge in [0, 0.05) is 22.6 Å². The average Bonchev–Trinajstić information content (AvgIpc) is 2.75. The number of benzene rings is 3. The van der Waals surface area contributed by atoms with Crippen LogP contribution < -0.4 is 14.9 Å². The van der Waals surface area contributed by atoms with Crippen LogP contribution in [0.25, 0.3) is 0 Å². The molecule has 0 bridgehead atoms. The van der Waals surface area contributed by atoms with E-state index in [1.54, 1.807) is 30.3 Å². The van der Waals surface area contributed by atoms with Crippen molar-refractivity contribution >= 4 is 65.7 Å². The van der Waals surface area contributed by atoms with E-state index in [4.69, 9.17) is 4.18 Å². The molecule has 3 rings (SSSR count). The number of rotatable bonds is 7. The van der Waals surface area contributed by atoms with Crippen molar-refractivity contribution in [1.82, 2.24) is 5.43 Å². The van der Waals surface area contributed by atoms with Gasteiger partial charge in [0.15, 0.2) is 5.75 Å². The number of hydrazone groups is 1.